The van der Waals surface area contributed by atoms with E-state index in [0.717, 1.165) is 6.42 Å². The highest BCUT2D eigenvalue weighted by atomic mass is 16.4. The molecule has 0 spiro atoms. The fourth-order valence-electron chi connectivity index (χ4n) is 1.85. The number of nitrogens with two attached hydrogens (primary N) is 1. The Labute approximate surface area is 132 Å². The summed E-state index contributed by atoms with van der Waals surface area (Å²) in [4.78, 5) is 35.2. The molecule has 2 amide bonds. The van der Waals surface area contributed by atoms with Gasteiger partial charge in [0.2, 0.25) is 11.8 Å². The largest absolute Gasteiger partial charge is 0.480 e. The van der Waals surface area contributed by atoms with Gasteiger partial charge in [0.05, 0.1) is 6.04 Å². The van der Waals surface area contributed by atoms with Crippen LogP contribution in [0.3, 0.4) is 0 Å². The number of carbonyl (C=O) groups excluding carboxylic acids is 2. The molecule has 0 aromatic carbocycles. The Morgan fingerprint density at radius 2 is 1.45 bits per heavy atom. The molecule has 0 aromatic heterocycles. The second kappa shape index (κ2) is 9.40. The number of rotatable bonds is 9. The molecule has 0 radical (unpaired) electrons. The standard InChI is InChI=1S/C15H29N3O4/c1-6-8(3)11(16)14(20)17-10(5)13(19)18-12(15(21)22)9(4)7-2/h8-12H,6-7,16H2,1-5H3,(H,17,20)(H,18,19)(H,21,22). The van der Waals surface area contributed by atoms with E-state index in [1.807, 2.05) is 20.8 Å². The molecule has 0 aliphatic carbocycles. The Morgan fingerprint density at radius 3 is 1.86 bits per heavy atom. The second-order valence-corrected chi connectivity index (χ2v) is 5.85. The SMILES string of the molecule is CCC(C)C(N)C(=O)NC(C)C(=O)NC(C(=O)O)C(C)CC. The maximum atomic E-state index is 12.0. The van der Waals surface area contributed by atoms with E-state index in [9.17, 15) is 14.4 Å². The number of aliphatic carboxylic acids is 1. The number of amides is 2. The number of hydrogen-bond donors (Lipinski definition) is 4. The van der Waals surface area contributed by atoms with Crippen molar-refractivity contribution in [3.05, 3.63) is 0 Å². The summed E-state index contributed by atoms with van der Waals surface area (Å²) in [5, 5.41) is 14.1. The molecule has 7 heteroatoms. The number of carbonyl (C=O) groups is 3. The van der Waals surface area contributed by atoms with Crippen LogP contribution in [-0.4, -0.2) is 41.0 Å². The summed E-state index contributed by atoms with van der Waals surface area (Å²) in [6.07, 6.45) is 1.38. The lowest BCUT2D eigenvalue weighted by Gasteiger charge is -2.24. The van der Waals surface area contributed by atoms with Crippen LogP contribution in [0.15, 0.2) is 0 Å². The topological polar surface area (TPSA) is 122 Å². The van der Waals surface area contributed by atoms with Crippen LogP contribution < -0.4 is 16.4 Å². The fraction of sp³-hybridized carbons (Fsp3) is 0.800. The molecular formula is C15H29N3O4. The van der Waals surface area contributed by atoms with Gasteiger partial charge in [0.25, 0.3) is 0 Å². The number of hydrogen-bond acceptors (Lipinski definition) is 4. The summed E-state index contributed by atoms with van der Waals surface area (Å²) in [5.74, 6) is -2.23. The quantitative estimate of drug-likeness (QED) is 0.493. The minimum absolute atomic E-state index is 0.00198. The third kappa shape index (κ3) is 6.01. The van der Waals surface area contributed by atoms with Crippen molar-refractivity contribution < 1.29 is 19.5 Å². The van der Waals surface area contributed by atoms with Gasteiger partial charge < -0.3 is 21.5 Å². The first-order chi connectivity index (χ1) is 10.1. The zero-order valence-corrected chi connectivity index (χ0v) is 14.1. The van der Waals surface area contributed by atoms with E-state index in [1.54, 1.807) is 6.92 Å². The van der Waals surface area contributed by atoms with Gasteiger partial charge in [0.15, 0.2) is 0 Å². The molecule has 0 saturated carbocycles. The molecule has 0 fully saturated rings. The van der Waals surface area contributed by atoms with Crippen molar-refractivity contribution in [1.82, 2.24) is 10.6 Å². The van der Waals surface area contributed by atoms with Crippen LogP contribution in [-0.2, 0) is 14.4 Å². The van der Waals surface area contributed by atoms with Crippen LogP contribution in [0.4, 0.5) is 0 Å². The average Bonchev–Trinajstić information content (AvgIpc) is 2.49. The van der Waals surface area contributed by atoms with E-state index in [2.05, 4.69) is 10.6 Å². The summed E-state index contributed by atoms with van der Waals surface area (Å²) in [6.45, 7) is 8.90. The maximum absolute atomic E-state index is 12.0. The van der Waals surface area contributed by atoms with Gasteiger partial charge in [-0.05, 0) is 18.8 Å². The molecule has 22 heavy (non-hydrogen) atoms. The van der Waals surface area contributed by atoms with E-state index in [1.165, 1.54) is 6.92 Å². The predicted octanol–water partition coefficient (Wildman–Crippen LogP) is 0.480. The van der Waals surface area contributed by atoms with Crippen molar-refractivity contribution >= 4 is 17.8 Å². The lowest BCUT2D eigenvalue weighted by molar-refractivity contribution is -0.143. The van der Waals surface area contributed by atoms with E-state index < -0.39 is 35.9 Å². The maximum Gasteiger partial charge on any atom is 0.326 e. The smallest absolute Gasteiger partial charge is 0.326 e. The molecule has 0 rings (SSSR count). The highest BCUT2D eigenvalue weighted by molar-refractivity contribution is 5.91. The van der Waals surface area contributed by atoms with Crippen LogP contribution in [0.5, 0.6) is 0 Å². The fourth-order valence-corrected chi connectivity index (χ4v) is 1.85. The molecule has 0 saturated heterocycles. The molecule has 0 heterocycles. The Morgan fingerprint density at radius 1 is 0.955 bits per heavy atom. The Hall–Kier alpha value is -1.63. The molecular weight excluding hydrogens is 286 g/mol. The van der Waals surface area contributed by atoms with Gasteiger partial charge in [-0.2, -0.15) is 0 Å². The molecule has 5 unspecified atom stereocenters. The Bertz CT molecular complexity index is 400. The average molecular weight is 315 g/mol. The first kappa shape index (κ1) is 20.4. The number of nitrogens with one attached hydrogen (secondary N) is 2. The van der Waals surface area contributed by atoms with Crippen LogP contribution in [0, 0.1) is 11.8 Å². The van der Waals surface area contributed by atoms with Gasteiger partial charge in [-0.1, -0.05) is 40.5 Å². The van der Waals surface area contributed by atoms with E-state index >= 15 is 0 Å². The van der Waals surface area contributed by atoms with Gasteiger partial charge in [-0.25, -0.2) is 4.79 Å². The number of carboxylic acids is 1. The van der Waals surface area contributed by atoms with Crippen molar-refractivity contribution in [1.29, 1.82) is 0 Å². The molecule has 5 N–H and O–H groups in total. The lowest BCUT2D eigenvalue weighted by atomic mass is 9.98. The highest BCUT2D eigenvalue weighted by Crippen LogP contribution is 2.08. The van der Waals surface area contributed by atoms with Gasteiger partial charge in [0, 0.05) is 0 Å². The predicted molar refractivity (Wildman–Crippen MR) is 84.1 cm³/mol. The van der Waals surface area contributed by atoms with Crippen LogP contribution in [0.1, 0.15) is 47.5 Å². The minimum atomic E-state index is -1.09. The van der Waals surface area contributed by atoms with Crippen molar-refractivity contribution in [2.45, 2.75) is 65.6 Å². The Balaban J connectivity index is 4.66. The normalized spacial score (nSPS) is 17.7. The van der Waals surface area contributed by atoms with Gasteiger partial charge in [-0.15, -0.1) is 0 Å². The summed E-state index contributed by atoms with van der Waals surface area (Å²) in [7, 11) is 0. The molecule has 5 atom stereocenters. The molecule has 7 nitrogen and oxygen atoms in total. The third-order valence-corrected chi connectivity index (χ3v) is 4.09. The second-order valence-electron chi connectivity index (χ2n) is 5.85. The summed E-state index contributed by atoms with van der Waals surface area (Å²) >= 11 is 0. The monoisotopic (exact) mass is 315 g/mol. The highest BCUT2D eigenvalue weighted by Gasteiger charge is 2.29. The molecule has 0 aliphatic rings. The van der Waals surface area contributed by atoms with Crippen molar-refractivity contribution in [3.8, 4) is 0 Å². The van der Waals surface area contributed by atoms with Gasteiger partial charge in [0.1, 0.15) is 12.1 Å². The minimum Gasteiger partial charge on any atom is -0.480 e. The summed E-state index contributed by atoms with van der Waals surface area (Å²) in [6, 6.07) is -2.50. The van der Waals surface area contributed by atoms with E-state index in [4.69, 9.17) is 10.8 Å². The molecule has 0 bridgehead atoms. The zero-order valence-electron chi connectivity index (χ0n) is 14.1. The first-order valence-electron chi connectivity index (χ1n) is 7.74. The first-order valence-corrected chi connectivity index (χ1v) is 7.74. The Kier molecular flexibility index (Phi) is 8.70. The van der Waals surface area contributed by atoms with Crippen molar-refractivity contribution in [2.24, 2.45) is 17.6 Å². The van der Waals surface area contributed by atoms with Crippen LogP contribution in [0.2, 0.25) is 0 Å². The zero-order chi connectivity index (χ0) is 17.4. The van der Waals surface area contributed by atoms with Crippen molar-refractivity contribution in [3.63, 3.8) is 0 Å². The lowest BCUT2D eigenvalue weighted by Crippen LogP contribution is -2.55. The van der Waals surface area contributed by atoms with Crippen LogP contribution in [0.25, 0.3) is 0 Å². The van der Waals surface area contributed by atoms with Gasteiger partial charge >= 0.3 is 5.97 Å². The van der Waals surface area contributed by atoms with Crippen LogP contribution >= 0.6 is 0 Å². The summed E-state index contributed by atoms with van der Waals surface area (Å²) in [5.41, 5.74) is 5.80. The number of carboxylic acid groups (broad SMARTS) is 1. The van der Waals surface area contributed by atoms with E-state index in [-0.39, 0.29) is 11.8 Å². The molecule has 128 valence electrons. The van der Waals surface area contributed by atoms with E-state index in [0.29, 0.717) is 6.42 Å². The van der Waals surface area contributed by atoms with Gasteiger partial charge in [-0.3, -0.25) is 9.59 Å². The molecule has 0 aromatic rings. The van der Waals surface area contributed by atoms with Crippen molar-refractivity contribution in [2.75, 3.05) is 0 Å². The summed E-state index contributed by atoms with van der Waals surface area (Å²) < 4.78 is 0. The molecule has 0 aliphatic heterocycles. The third-order valence-electron chi connectivity index (χ3n) is 4.09.